The van der Waals surface area contributed by atoms with Crippen LogP contribution < -0.4 is 5.32 Å². The number of unbranched alkanes of at least 4 members (excludes halogenated alkanes) is 1. The maximum Gasteiger partial charge on any atom is 0.261 e. The zero-order valence-electron chi connectivity index (χ0n) is 22.6. The van der Waals surface area contributed by atoms with E-state index in [0.29, 0.717) is 30.5 Å². The number of amides is 4. The number of hydrogen-bond donors (Lipinski definition) is 1. The second-order valence-corrected chi connectivity index (χ2v) is 10.8. The molecule has 0 aromatic heterocycles. The largest absolute Gasteiger partial charge is 0.354 e. The average molecular weight is 605 g/mol. The molecule has 0 saturated carbocycles. The van der Waals surface area contributed by atoms with Gasteiger partial charge in [0.1, 0.15) is 6.04 Å². The second-order valence-electron chi connectivity index (χ2n) is 9.91. The molecule has 8 heteroatoms. The van der Waals surface area contributed by atoms with Crippen LogP contribution in [0, 0.1) is 0 Å². The number of nitrogens with one attached hydrogen (secondary N) is 1. The van der Waals surface area contributed by atoms with Gasteiger partial charge in [0.15, 0.2) is 0 Å². The molecule has 0 saturated heterocycles. The lowest BCUT2D eigenvalue weighted by Gasteiger charge is -2.32. The fourth-order valence-electron chi connectivity index (χ4n) is 4.82. The number of imide groups is 1. The fourth-order valence-corrected chi connectivity index (χ4v) is 5.09. The molecule has 3 aromatic carbocycles. The van der Waals surface area contributed by atoms with Crippen molar-refractivity contribution in [3.8, 4) is 0 Å². The standard InChI is InChI=1S/C32H34BrN3O4/c1-2-3-19-34-30(38)28(21-23-10-5-4-6-11-23)36(22-24-15-17-25(33)18-16-24)29(37)14-9-20-35-31(39)26-12-7-8-13-27(26)32(35)40/h4-8,10-13,15-18,28H,2-3,9,14,19-22H2,1H3,(H,34,38). The first-order valence-corrected chi connectivity index (χ1v) is 14.5. The Labute approximate surface area is 243 Å². The molecule has 0 fully saturated rings. The van der Waals surface area contributed by atoms with Gasteiger partial charge in [-0.3, -0.25) is 24.1 Å². The number of benzene rings is 3. The van der Waals surface area contributed by atoms with Crippen molar-refractivity contribution < 1.29 is 19.2 Å². The van der Waals surface area contributed by atoms with Crippen LogP contribution >= 0.6 is 15.9 Å². The topological polar surface area (TPSA) is 86.8 Å². The molecule has 4 amide bonds. The van der Waals surface area contributed by atoms with E-state index in [0.717, 1.165) is 28.4 Å². The smallest absolute Gasteiger partial charge is 0.261 e. The van der Waals surface area contributed by atoms with Gasteiger partial charge in [-0.2, -0.15) is 0 Å². The molecule has 1 aliphatic rings. The van der Waals surface area contributed by atoms with Gasteiger partial charge < -0.3 is 10.2 Å². The van der Waals surface area contributed by atoms with Gasteiger partial charge >= 0.3 is 0 Å². The number of hydrogen-bond acceptors (Lipinski definition) is 4. The van der Waals surface area contributed by atoms with Crippen LogP contribution in [-0.4, -0.2) is 52.6 Å². The summed E-state index contributed by atoms with van der Waals surface area (Å²) in [7, 11) is 0. The maximum absolute atomic E-state index is 13.8. The zero-order valence-corrected chi connectivity index (χ0v) is 24.2. The Bertz CT molecular complexity index is 1310. The van der Waals surface area contributed by atoms with Crippen LogP contribution in [0.15, 0.2) is 83.3 Å². The molecular weight excluding hydrogens is 570 g/mol. The van der Waals surface area contributed by atoms with Crippen LogP contribution in [-0.2, 0) is 22.6 Å². The molecule has 1 N–H and O–H groups in total. The van der Waals surface area contributed by atoms with E-state index in [-0.39, 0.29) is 43.1 Å². The van der Waals surface area contributed by atoms with Crippen LogP contribution in [0.1, 0.15) is 64.4 Å². The van der Waals surface area contributed by atoms with Gasteiger partial charge in [0, 0.05) is 36.9 Å². The number of nitrogens with zero attached hydrogens (tertiary/aromatic N) is 2. The minimum atomic E-state index is -0.713. The number of carbonyl (C=O) groups excluding carboxylic acids is 4. The maximum atomic E-state index is 13.8. The molecule has 7 nitrogen and oxygen atoms in total. The lowest BCUT2D eigenvalue weighted by Crippen LogP contribution is -2.50. The van der Waals surface area contributed by atoms with E-state index in [1.807, 2.05) is 54.6 Å². The van der Waals surface area contributed by atoms with E-state index >= 15 is 0 Å². The van der Waals surface area contributed by atoms with Crippen molar-refractivity contribution in [3.63, 3.8) is 0 Å². The van der Waals surface area contributed by atoms with Gasteiger partial charge in [0.05, 0.1) is 11.1 Å². The third kappa shape index (κ3) is 7.24. The van der Waals surface area contributed by atoms with Gasteiger partial charge in [-0.15, -0.1) is 0 Å². The van der Waals surface area contributed by atoms with Crippen molar-refractivity contribution in [3.05, 3.63) is 106 Å². The highest BCUT2D eigenvalue weighted by molar-refractivity contribution is 9.10. The van der Waals surface area contributed by atoms with Crippen molar-refractivity contribution in [1.29, 1.82) is 0 Å². The Morgan fingerprint density at radius 1 is 0.850 bits per heavy atom. The van der Waals surface area contributed by atoms with Crippen LogP contribution in [0.2, 0.25) is 0 Å². The molecule has 1 heterocycles. The zero-order chi connectivity index (χ0) is 28.5. The summed E-state index contributed by atoms with van der Waals surface area (Å²) >= 11 is 3.45. The number of carbonyl (C=O) groups is 4. The van der Waals surface area contributed by atoms with Crippen molar-refractivity contribution >= 4 is 39.6 Å². The van der Waals surface area contributed by atoms with Gasteiger partial charge in [-0.05, 0) is 48.2 Å². The molecule has 208 valence electrons. The summed E-state index contributed by atoms with van der Waals surface area (Å²) in [6.07, 6.45) is 2.57. The molecule has 1 unspecified atom stereocenters. The predicted octanol–water partition coefficient (Wildman–Crippen LogP) is 5.38. The van der Waals surface area contributed by atoms with Crippen LogP contribution in [0.5, 0.6) is 0 Å². The number of halogens is 1. The first kappa shape index (κ1) is 29.2. The lowest BCUT2D eigenvalue weighted by molar-refractivity contribution is -0.141. The molecule has 0 spiro atoms. The first-order chi connectivity index (χ1) is 19.4. The van der Waals surface area contributed by atoms with Gasteiger partial charge in [0.25, 0.3) is 11.8 Å². The highest BCUT2D eigenvalue weighted by atomic mass is 79.9. The van der Waals surface area contributed by atoms with Crippen LogP contribution in [0.25, 0.3) is 0 Å². The summed E-state index contributed by atoms with van der Waals surface area (Å²) in [5.41, 5.74) is 2.64. The summed E-state index contributed by atoms with van der Waals surface area (Å²) in [4.78, 5) is 55.7. The number of fused-ring (bicyclic) bond motifs is 1. The third-order valence-corrected chi connectivity index (χ3v) is 7.55. The van der Waals surface area contributed by atoms with Gasteiger partial charge in [-0.1, -0.05) is 83.9 Å². The van der Waals surface area contributed by atoms with Gasteiger partial charge in [-0.25, -0.2) is 0 Å². The third-order valence-electron chi connectivity index (χ3n) is 7.02. The van der Waals surface area contributed by atoms with E-state index < -0.39 is 6.04 Å². The summed E-state index contributed by atoms with van der Waals surface area (Å²) < 4.78 is 0.924. The van der Waals surface area contributed by atoms with E-state index in [2.05, 4.69) is 28.2 Å². The predicted molar refractivity (Wildman–Crippen MR) is 158 cm³/mol. The molecule has 4 rings (SSSR count). The molecule has 1 aliphatic heterocycles. The second kappa shape index (κ2) is 14.0. The quantitative estimate of drug-likeness (QED) is 0.210. The summed E-state index contributed by atoms with van der Waals surface area (Å²) in [6.45, 7) is 3.00. The fraction of sp³-hybridized carbons (Fsp3) is 0.312. The Morgan fingerprint density at radius 3 is 2.10 bits per heavy atom. The Hall–Kier alpha value is -3.78. The summed E-state index contributed by atoms with van der Waals surface area (Å²) in [5.74, 6) is -1.07. The van der Waals surface area contributed by atoms with Crippen molar-refractivity contribution in [2.24, 2.45) is 0 Å². The average Bonchev–Trinajstić information content (AvgIpc) is 3.21. The van der Waals surface area contributed by atoms with E-state index in [1.165, 1.54) is 4.90 Å². The van der Waals surface area contributed by atoms with E-state index in [9.17, 15) is 19.2 Å². The minimum Gasteiger partial charge on any atom is -0.354 e. The number of rotatable bonds is 13. The Kier molecular flexibility index (Phi) is 10.2. The van der Waals surface area contributed by atoms with Crippen molar-refractivity contribution in [2.45, 2.75) is 51.6 Å². The highest BCUT2D eigenvalue weighted by Crippen LogP contribution is 2.23. The van der Waals surface area contributed by atoms with Crippen LogP contribution in [0.3, 0.4) is 0 Å². The van der Waals surface area contributed by atoms with E-state index in [4.69, 9.17) is 0 Å². The Balaban J connectivity index is 1.53. The van der Waals surface area contributed by atoms with Crippen LogP contribution in [0.4, 0.5) is 0 Å². The highest BCUT2D eigenvalue weighted by Gasteiger charge is 2.35. The first-order valence-electron chi connectivity index (χ1n) is 13.7. The SMILES string of the molecule is CCCCNC(=O)C(Cc1ccccc1)N(Cc1ccc(Br)cc1)C(=O)CCCN1C(=O)c2ccccc2C1=O. The lowest BCUT2D eigenvalue weighted by atomic mass is 10.0. The molecule has 0 aliphatic carbocycles. The van der Waals surface area contributed by atoms with Gasteiger partial charge in [0.2, 0.25) is 11.8 Å². The summed E-state index contributed by atoms with van der Waals surface area (Å²) in [5, 5.41) is 3.02. The molecule has 3 aromatic rings. The molecule has 0 bridgehead atoms. The monoisotopic (exact) mass is 603 g/mol. The minimum absolute atomic E-state index is 0.0947. The van der Waals surface area contributed by atoms with Crippen molar-refractivity contribution in [2.75, 3.05) is 13.1 Å². The van der Waals surface area contributed by atoms with E-state index in [1.54, 1.807) is 29.2 Å². The molecule has 0 radical (unpaired) electrons. The molecule has 1 atom stereocenters. The molecular formula is C32H34BrN3O4. The normalized spacial score (nSPS) is 13.2. The van der Waals surface area contributed by atoms with Crippen molar-refractivity contribution in [1.82, 2.24) is 15.1 Å². The Morgan fingerprint density at radius 2 is 1.48 bits per heavy atom. The molecule has 40 heavy (non-hydrogen) atoms. The summed E-state index contributed by atoms with van der Waals surface area (Å²) in [6, 6.07) is 23.4.